The lowest BCUT2D eigenvalue weighted by atomic mass is 10.1. The molecule has 4 heteroatoms. The predicted octanol–water partition coefficient (Wildman–Crippen LogP) is 0.876. The summed E-state index contributed by atoms with van der Waals surface area (Å²) in [4.78, 5) is 0. The highest BCUT2D eigenvalue weighted by Gasteiger charge is 2.09. The number of hydrogen-bond donors (Lipinski definition) is 2. The zero-order valence-corrected chi connectivity index (χ0v) is 7.68. The van der Waals surface area contributed by atoms with Crippen LogP contribution in [0.2, 0.25) is 0 Å². The van der Waals surface area contributed by atoms with Gasteiger partial charge < -0.3 is 9.84 Å². The molecular formula is C9H15NO3. The molecule has 0 spiro atoms. The second-order valence-corrected chi connectivity index (χ2v) is 3.05. The molecule has 0 aromatic heterocycles. The Labute approximate surface area is 77.7 Å². The molecule has 74 valence electrons. The third-order valence-corrected chi connectivity index (χ3v) is 1.88. The van der Waals surface area contributed by atoms with Crippen LogP contribution in [0.3, 0.4) is 0 Å². The molecule has 1 aliphatic rings. The van der Waals surface area contributed by atoms with Gasteiger partial charge in [-0.15, -0.1) is 0 Å². The molecule has 0 amide bonds. The summed E-state index contributed by atoms with van der Waals surface area (Å²) in [6.45, 7) is 2.26. The van der Waals surface area contributed by atoms with E-state index in [1.807, 2.05) is 13.0 Å². The van der Waals surface area contributed by atoms with E-state index in [1.54, 1.807) is 6.08 Å². The van der Waals surface area contributed by atoms with E-state index in [0.717, 1.165) is 6.42 Å². The third-order valence-electron chi connectivity index (χ3n) is 1.88. The summed E-state index contributed by atoms with van der Waals surface area (Å²) in [7, 11) is 0. The molecule has 1 aliphatic heterocycles. The Hall–Kier alpha value is -0.840. The zero-order valence-electron chi connectivity index (χ0n) is 7.68. The lowest BCUT2D eigenvalue weighted by Crippen LogP contribution is -2.18. The van der Waals surface area contributed by atoms with Gasteiger partial charge in [0.15, 0.2) is 0 Å². The monoisotopic (exact) mass is 185 g/mol. The van der Waals surface area contributed by atoms with Crippen molar-refractivity contribution >= 4 is 0 Å². The van der Waals surface area contributed by atoms with Crippen LogP contribution in [-0.2, 0) is 4.74 Å². The van der Waals surface area contributed by atoms with Crippen molar-refractivity contribution in [2.75, 3.05) is 13.3 Å². The van der Waals surface area contributed by atoms with E-state index in [9.17, 15) is 0 Å². The zero-order chi connectivity index (χ0) is 9.68. The fourth-order valence-electron chi connectivity index (χ4n) is 1.14. The Morgan fingerprint density at radius 1 is 1.77 bits per heavy atom. The smallest absolute Gasteiger partial charge is 0.139 e. The molecule has 1 rings (SSSR count). The number of rotatable bonds is 3. The van der Waals surface area contributed by atoms with Crippen LogP contribution in [-0.4, -0.2) is 34.8 Å². The van der Waals surface area contributed by atoms with Gasteiger partial charge in [0.25, 0.3) is 0 Å². The summed E-state index contributed by atoms with van der Waals surface area (Å²) >= 11 is 0. The summed E-state index contributed by atoms with van der Waals surface area (Å²) in [5, 5.41) is 18.1. The van der Waals surface area contributed by atoms with Crippen molar-refractivity contribution in [3.8, 4) is 0 Å². The average molecular weight is 185 g/mol. The number of aliphatic hydroxyl groups is 1. The van der Waals surface area contributed by atoms with E-state index in [0.29, 0.717) is 11.7 Å². The van der Waals surface area contributed by atoms with Crippen LogP contribution in [0.15, 0.2) is 23.9 Å². The van der Waals surface area contributed by atoms with Gasteiger partial charge in [0.05, 0.1) is 12.7 Å². The minimum atomic E-state index is -0.405. The van der Waals surface area contributed by atoms with Gasteiger partial charge in [0, 0.05) is 6.20 Å². The van der Waals surface area contributed by atoms with Gasteiger partial charge in [-0.25, -0.2) is 5.06 Å². The number of nitrogens with zero attached hydrogens (tertiary/aromatic N) is 1. The normalized spacial score (nSPS) is 23.3. The summed E-state index contributed by atoms with van der Waals surface area (Å²) < 4.78 is 5.36. The summed E-state index contributed by atoms with van der Waals surface area (Å²) in [6, 6.07) is 0. The van der Waals surface area contributed by atoms with Crippen LogP contribution in [0.1, 0.15) is 13.3 Å². The highest BCUT2D eigenvalue weighted by molar-refractivity contribution is 5.07. The van der Waals surface area contributed by atoms with Gasteiger partial charge in [0.1, 0.15) is 6.73 Å². The number of ether oxygens (including phenoxy) is 1. The van der Waals surface area contributed by atoms with Crippen molar-refractivity contribution in [1.29, 1.82) is 0 Å². The molecule has 0 aromatic rings. The van der Waals surface area contributed by atoms with Crippen LogP contribution in [0.25, 0.3) is 0 Å². The first-order valence-electron chi connectivity index (χ1n) is 4.24. The molecule has 0 aliphatic carbocycles. The Kier molecular flexibility index (Phi) is 3.95. The molecule has 1 atom stereocenters. The SMILES string of the molecule is CC1=CCOC(/C=C/N(O)CO)C1. The molecule has 0 bridgehead atoms. The summed E-state index contributed by atoms with van der Waals surface area (Å²) in [5.74, 6) is 0. The van der Waals surface area contributed by atoms with E-state index in [1.165, 1.54) is 11.8 Å². The summed E-state index contributed by atoms with van der Waals surface area (Å²) in [6.07, 6.45) is 6.02. The van der Waals surface area contributed by atoms with Crippen LogP contribution >= 0.6 is 0 Å². The molecule has 0 radical (unpaired) electrons. The molecule has 0 fully saturated rings. The summed E-state index contributed by atoms with van der Waals surface area (Å²) in [5.41, 5.74) is 1.29. The second kappa shape index (κ2) is 5.01. The van der Waals surface area contributed by atoms with Crippen LogP contribution < -0.4 is 0 Å². The van der Waals surface area contributed by atoms with Gasteiger partial charge in [-0.05, 0) is 19.4 Å². The maximum absolute atomic E-state index is 8.88. The van der Waals surface area contributed by atoms with Gasteiger partial charge in [0.2, 0.25) is 0 Å². The van der Waals surface area contributed by atoms with Crippen LogP contribution in [0.4, 0.5) is 0 Å². The molecular weight excluding hydrogens is 170 g/mol. The van der Waals surface area contributed by atoms with Crippen molar-refractivity contribution in [3.63, 3.8) is 0 Å². The first kappa shape index (κ1) is 10.2. The van der Waals surface area contributed by atoms with E-state index in [4.69, 9.17) is 15.1 Å². The molecule has 1 unspecified atom stereocenters. The first-order chi connectivity index (χ1) is 6.22. The van der Waals surface area contributed by atoms with Gasteiger partial charge in [-0.2, -0.15) is 0 Å². The lowest BCUT2D eigenvalue weighted by molar-refractivity contribution is -0.0994. The molecule has 13 heavy (non-hydrogen) atoms. The minimum absolute atomic E-state index is 0.00574. The van der Waals surface area contributed by atoms with Crippen molar-refractivity contribution in [1.82, 2.24) is 5.06 Å². The van der Waals surface area contributed by atoms with E-state index in [-0.39, 0.29) is 6.10 Å². The lowest BCUT2D eigenvalue weighted by Gasteiger charge is -2.19. The minimum Gasteiger partial charge on any atom is -0.374 e. The highest BCUT2D eigenvalue weighted by Crippen LogP contribution is 2.14. The fraction of sp³-hybridized carbons (Fsp3) is 0.556. The highest BCUT2D eigenvalue weighted by atomic mass is 16.5. The van der Waals surface area contributed by atoms with Crippen molar-refractivity contribution in [3.05, 3.63) is 23.9 Å². The molecule has 0 saturated carbocycles. The van der Waals surface area contributed by atoms with Gasteiger partial charge in [-0.1, -0.05) is 11.6 Å². The van der Waals surface area contributed by atoms with Crippen LogP contribution in [0.5, 0.6) is 0 Å². The maximum Gasteiger partial charge on any atom is 0.139 e. The maximum atomic E-state index is 8.88. The van der Waals surface area contributed by atoms with Gasteiger partial charge >= 0.3 is 0 Å². The van der Waals surface area contributed by atoms with Crippen molar-refractivity contribution in [2.45, 2.75) is 19.4 Å². The predicted molar refractivity (Wildman–Crippen MR) is 48.0 cm³/mol. The van der Waals surface area contributed by atoms with Crippen molar-refractivity contribution in [2.24, 2.45) is 0 Å². The van der Waals surface area contributed by atoms with E-state index in [2.05, 4.69) is 0 Å². The number of aliphatic hydroxyl groups excluding tert-OH is 1. The van der Waals surface area contributed by atoms with E-state index >= 15 is 0 Å². The van der Waals surface area contributed by atoms with Crippen LogP contribution in [0, 0.1) is 0 Å². The van der Waals surface area contributed by atoms with E-state index < -0.39 is 6.73 Å². The fourth-order valence-corrected chi connectivity index (χ4v) is 1.14. The topological polar surface area (TPSA) is 52.9 Å². The third kappa shape index (κ3) is 3.59. The molecule has 1 heterocycles. The Morgan fingerprint density at radius 2 is 2.54 bits per heavy atom. The Bertz CT molecular complexity index is 213. The molecule has 0 saturated heterocycles. The number of hydrogen-bond acceptors (Lipinski definition) is 4. The average Bonchev–Trinajstić information content (AvgIpc) is 2.14. The number of hydroxylamine groups is 2. The van der Waals surface area contributed by atoms with Gasteiger partial charge in [-0.3, -0.25) is 5.21 Å². The quantitative estimate of drug-likeness (QED) is 0.389. The van der Waals surface area contributed by atoms with Crippen molar-refractivity contribution < 1.29 is 15.1 Å². The Morgan fingerprint density at radius 3 is 3.15 bits per heavy atom. The molecule has 4 nitrogen and oxygen atoms in total. The molecule has 0 aromatic carbocycles. The largest absolute Gasteiger partial charge is 0.374 e. The first-order valence-corrected chi connectivity index (χ1v) is 4.24. The standard InChI is InChI=1S/C9H15NO3/c1-8-3-5-13-9(6-8)2-4-10(12)7-11/h2-4,9,11-12H,5-7H2,1H3/b4-2+. The Balaban J connectivity index is 2.37. The second-order valence-electron chi connectivity index (χ2n) is 3.05. The molecule has 2 N–H and O–H groups in total.